The summed E-state index contributed by atoms with van der Waals surface area (Å²) in [7, 11) is -4.19. The Kier molecular flexibility index (Phi) is 6.97. The Hall–Kier alpha value is -3.99. The van der Waals surface area contributed by atoms with Gasteiger partial charge in [-0.1, -0.05) is 36.4 Å². The van der Waals surface area contributed by atoms with E-state index in [1.807, 2.05) is 4.90 Å². The Bertz CT molecular complexity index is 1330. The second-order valence-electron chi connectivity index (χ2n) is 7.92. The van der Waals surface area contributed by atoms with E-state index in [9.17, 15) is 27.7 Å². The van der Waals surface area contributed by atoms with Crippen molar-refractivity contribution in [1.82, 2.24) is 4.90 Å². The molecule has 182 valence electrons. The van der Waals surface area contributed by atoms with Crippen molar-refractivity contribution in [2.45, 2.75) is 4.90 Å². The van der Waals surface area contributed by atoms with Gasteiger partial charge in [0.15, 0.2) is 0 Å². The molecule has 3 aromatic rings. The van der Waals surface area contributed by atoms with Crippen molar-refractivity contribution in [1.29, 1.82) is 0 Å². The largest absolute Gasteiger partial charge is 0.366 e. The fourth-order valence-electron chi connectivity index (χ4n) is 3.92. The Labute approximate surface area is 202 Å². The third-order valence-corrected chi connectivity index (χ3v) is 7.55. The molecule has 11 heteroatoms. The maximum Gasteiger partial charge on any atom is 0.271 e. The number of para-hydroxylation sites is 1. The molecule has 0 radical (unpaired) electrons. The van der Waals surface area contributed by atoms with Crippen LogP contribution in [0.3, 0.4) is 0 Å². The van der Waals surface area contributed by atoms with Gasteiger partial charge in [-0.15, -0.1) is 0 Å². The monoisotopic (exact) mass is 498 g/mol. The molecule has 4 rings (SSSR count). The van der Waals surface area contributed by atoms with E-state index >= 15 is 0 Å². The van der Waals surface area contributed by atoms with Gasteiger partial charge in [0.1, 0.15) is 12.4 Å². The Morgan fingerprint density at radius 1 is 0.943 bits per heavy atom. The molecule has 1 heterocycles. The SMILES string of the molecule is O=C(CN(c1cccc([N+](=O)[O-])c1)S(=O)(=O)c1ccccc1)N1CCN(c2ccccc2F)CC1. The van der Waals surface area contributed by atoms with Gasteiger partial charge < -0.3 is 9.80 Å². The number of carbonyl (C=O) groups excluding carboxylic acids is 1. The fraction of sp³-hybridized carbons (Fsp3) is 0.208. The highest BCUT2D eigenvalue weighted by molar-refractivity contribution is 7.92. The van der Waals surface area contributed by atoms with E-state index in [1.165, 1.54) is 41.3 Å². The predicted molar refractivity (Wildman–Crippen MR) is 129 cm³/mol. The first-order valence-corrected chi connectivity index (χ1v) is 12.3. The highest BCUT2D eigenvalue weighted by atomic mass is 32.2. The minimum Gasteiger partial charge on any atom is -0.366 e. The van der Waals surface area contributed by atoms with Gasteiger partial charge in [0.05, 0.1) is 21.2 Å². The van der Waals surface area contributed by atoms with Crippen LogP contribution in [0.4, 0.5) is 21.5 Å². The van der Waals surface area contributed by atoms with E-state index in [2.05, 4.69) is 0 Å². The Morgan fingerprint density at radius 2 is 1.60 bits per heavy atom. The number of sulfonamides is 1. The lowest BCUT2D eigenvalue weighted by molar-refractivity contribution is -0.384. The van der Waals surface area contributed by atoms with E-state index in [0.29, 0.717) is 18.8 Å². The zero-order valence-corrected chi connectivity index (χ0v) is 19.5. The molecular weight excluding hydrogens is 475 g/mol. The molecule has 1 aliphatic heterocycles. The lowest BCUT2D eigenvalue weighted by Gasteiger charge is -2.37. The first-order chi connectivity index (χ1) is 16.8. The summed E-state index contributed by atoms with van der Waals surface area (Å²) in [5, 5.41) is 11.3. The molecule has 1 aliphatic rings. The van der Waals surface area contributed by atoms with Crippen molar-refractivity contribution in [2.24, 2.45) is 0 Å². The number of piperazine rings is 1. The van der Waals surface area contributed by atoms with Crippen molar-refractivity contribution in [3.63, 3.8) is 0 Å². The Morgan fingerprint density at radius 3 is 2.26 bits per heavy atom. The third kappa shape index (κ3) is 5.24. The summed E-state index contributed by atoms with van der Waals surface area (Å²) in [6, 6.07) is 19.1. The minimum atomic E-state index is -4.19. The summed E-state index contributed by atoms with van der Waals surface area (Å²) in [5.41, 5.74) is 0.174. The third-order valence-electron chi connectivity index (χ3n) is 5.76. The fourth-order valence-corrected chi connectivity index (χ4v) is 5.35. The van der Waals surface area contributed by atoms with Crippen LogP contribution in [0.5, 0.6) is 0 Å². The number of nitrogens with zero attached hydrogens (tertiary/aromatic N) is 4. The molecule has 0 saturated carbocycles. The number of carbonyl (C=O) groups is 1. The standard InChI is InChI=1S/C24H23FN4O5S/c25-22-11-4-5-12-23(22)26-13-15-27(16-14-26)24(30)18-28(19-7-6-8-20(17-19)29(31)32)35(33,34)21-9-2-1-3-10-21/h1-12,17H,13-16,18H2. The van der Waals surface area contributed by atoms with Crippen LogP contribution in [-0.2, 0) is 14.8 Å². The summed E-state index contributed by atoms with van der Waals surface area (Å²) in [6.45, 7) is 0.796. The van der Waals surface area contributed by atoms with Gasteiger partial charge >= 0.3 is 0 Å². The van der Waals surface area contributed by atoms with E-state index < -0.39 is 27.4 Å². The zero-order chi connectivity index (χ0) is 25.0. The van der Waals surface area contributed by atoms with Gasteiger partial charge in [0.2, 0.25) is 5.91 Å². The van der Waals surface area contributed by atoms with Gasteiger partial charge in [-0.25, -0.2) is 12.8 Å². The maximum atomic E-state index is 14.1. The highest BCUT2D eigenvalue weighted by Crippen LogP contribution is 2.27. The molecule has 3 aromatic carbocycles. The summed E-state index contributed by atoms with van der Waals surface area (Å²) >= 11 is 0. The molecule has 0 aliphatic carbocycles. The van der Waals surface area contributed by atoms with Gasteiger partial charge in [0.25, 0.3) is 15.7 Å². The number of nitro groups is 1. The average molecular weight is 499 g/mol. The van der Waals surface area contributed by atoms with Crippen LogP contribution in [0.2, 0.25) is 0 Å². The van der Waals surface area contributed by atoms with Gasteiger partial charge in [-0.3, -0.25) is 19.2 Å². The molecule has 0 aromatic heterocycles. The van der Waals surface area contributed by atoms with Crippen LogP contribution >= 0.6 is 0 Å². The minimum absolute atomic E-state index is 0.0152. The van der Waals surface area contributed by atoms with E-state index in [1.54, 1.807) is 36.4 Å². The number of halogens is 1. The summed E-state index contributed by atoms with van der Waals surface area (Å²) in [5.74, 6) is -0.803. The van der Waals surface area contributed by atoms with Crippen LogP contribution in [0.25, 0.3) is 0 Å². The van der Waals surface area contributed by atoms with Crippen LogP contribution in [0, 0.1) is 15.9 Å². The molecule has 35 heavy (non-hydrogen) atoms. The van der Waals surface area contributed by atoms with Gasteiger partial charge in [-0.2, -0.15) is 0 Å². The molecule has 1 saturated heterocycles. The molecule has 9 nitrogen and oxygen atoms in total. The predicted octanol–water partition coefficient (Wildman–Crippen LogP) is 3.28. The van der Waals surface area contributed by atoms with E-state index in [4.69, 9.17) is 0 Å². The number of benzene rings is 3. The number of non-ortho nitro benzene ring substituents is 1. The second kappa shape index (κ2) is 10.1. The van der Waals surface area contributed by atoms with Crippen molar-refractivity contribution in [3.05, 3.63) is 94.8 Å². The van der Waals surface area contributed by atoms with Crippen LogP contribution in [0.1, 0.15) is 0 Å². The molecular formula is C24H23FN4O5S. The van der Waals surface area contributed by atoms with Crippen molar-refractivity contribution >= 4 is 33.0 Å². The number of amides is 1. The number of hydrogen-bond acceptors (Lipinski definition) is 6. The number of anilines is 2. The first kappa shape index (κ1) is 24.1. The quantitative estimate of drug-likeness (QED) is 0.366. The smallest absolute Gasteiger partial charge is 0.271 e. The molecule has 0 N–H and O–H groups in total. The molecule has 0 spiro atoms. The van der Waals surface area contributed by atoms with Gasteiger partial charge in [-0.05, 0) is 30.3 Å². The average Bonchev–Trinajstić information content (AvgIpc) is 2.88. The molecule has 0 unspecified atom stereocenters. The molecule has 0 bridgehead atoms. The lowest BCUT2D eigenvalue weighted by atomic mass is 10.2. The number of nitro benzene ring substituents is 1. The normalized spacial score (nSPS) is 14.0. The maximum absolute atomic E-state index is 14.1. The zero-order valence-electron chi connectivity index (χ0n) is 18.7. The summed E-state index contributed by atoms with van der Waals surface area (Å²) in [6.07, 6.45) is 0. The van der Waals surface area contributed by atoms with Crippen molar-refractivity contribution < 1.29 is 22.5 Å². The van der Waals surface area contributed by atoms with Crippen LogP contribution in [0.15, 0.2) is 83.8 Å². The lowest BCUT2D eigenvalue weighted by Crippen LogP contribution is -2.52. The summed E-state index contributed by atoms with van der Waals surface area (Å²) in [4.78, 5) is 27.1. The Balaban J connectivity index is 1.57. The number of rotatable bonds is 7. The molecule has 0 atom stereocenters. The highest BCUT2D eigenvalue weighted by Gasteiger charge is 2.31. The van der Waals surface area contributed by atoms with E-state index in [-0.39, 0.29) is 35.2 Å². The first-order valence-electron chi connectivity index (χ1n) is 10.9. The molecule has 1 amide bonds. The van der Waals surface area contributed by atoms with Gasteiger partial charge in [0, 0.05) is 38.3 Å². The van der Waals surface area contributed by atoms with Crippen molar-refractivity contribution in [3.8, 4) is 0 Å². The molecule has 1 fully saturated rings. The van der Waals surface area contributed by atoms with Crippen LogP contribution in [-0.4, -0.2) is 56.9 Å². The number of hydrogen-bond donors (Lipinski definition) is 0. The van der Waals surface area contributed by atoms with Crippen molar-refractivity contribution in [2.75, 3.05) is 41.9 Å². The van der Waals surface area contributed by atoms with Crippen LogP contribution < -0.4 is 9.21 Å². The summed E-state index contributed by atoms with van der Waals surface area (Å²) < 4.78 is 41.9. The van der Waals surface area contributed by atoms with E-state index in [0.717, 1.165) is 10.4 Å². The second-order valence-corrected chi connectivity index (χ2v) is 9.78. The topological polar surface area (TPSA) is 104 Å².